The van der Waals surface area contributed by atoms with Crippen LogP contribution in [0.4, 0.5) is 11.4 Å². The number of benzene rings is 1. The van der Waals surface area contributed by atoms with Gasteiger partial charge in [-0.1, -0.05) is 11.6 Å². The number of halogens is 2. The Morgan fingerprint density at radius 2 is 2.35 bits per heavy atom. The van der Waals surface area contributed by atoms with Crippen molar-refractivity contribution in [3.05, 3.63) is 17.2 Å². The maximum absolute atomic E-state index is 11.2. The van der Waals surface area contributed by atoms with Crippen molar-refractivity contribution in [1.29, 1.82) is 0 Å². The van der Waals surface area contributed by atoms with Crippen LogP contribution in [0.1, 0.15) is 0 Å². The van der Waals surface area contributed by atoms with Crippen molar-refractivity contribution in [1.82, 2.24) is 0 Å². The van der Waals surface area contributed by atoms with Gasteiger partial charge in [-0.15, -0.1) is 11.6 Å². The van der Waals surface area contributed by atoms with E-state index < -0.39 is 0 Å². The molecule has 0 radical (unpaired) electrons. The van der Waals surface area contributed by atoms with Crippen molar-refractivity contribution in [2.45, 2.75) is 0 Å². The molecular weight excluding hydrogens is 265 g/mol. The Hall–Kier alpha value is -1.46. The zero-order valence-corrected chi connectivity index (χ0v) is 10.2. The van der Waals surface area contributed by atoms with Crippen molar-refractivity contribution < 1.29 is 9.53 Å². The molecule has 0 spiro atoms. The van der Waals surface area contributed by atoms with Gasteiger partial charge in [0.25, 0.3) is 5.91 Å². The second kappa shape index (κ2) is 4.81. The number of ether oxygens (including phenoxy) is 1. The molecule has 7 heteroatoms. The van der Waals surface area contributed by atoms with Gasteiger partial charge in [0.05, 0.1) is 22.3 Å². The minimum absolute atomic E-state index is 0.0425. The zero-order chi connectivity index (χ0) is 12.4. The van der Waals surface area contributed by atoms with E-state index >= 15 is 0 Å². The van der Waals surface area contributed by atoms with E-state index in [0.29, 0.717) is 22.1 Å². The molecule has 3 N–H and O–H groups in total. The summed E-state index contributed by atoms with van der Waals surface area (Å²) in [6, 6.07) is 3.22. The number of aliphatic imine (C=N–C) groups is 1. The normalized spacial score (nSPS) is 14.9. The smallest absolute Gasteiger partial charge is 0.262 e. The van der Waals surface area contributed by atoms with E-state index in [4.69, 9.17) is 33.7 Å². The van der Waals surface area contributed by atoms with E-state index in [9.17, 15) is 4.79 Å². The number of amides is 1. The van der Waals surface area contributed by atoms with Crippen molar-refractivity contribution in [2.75, 3.05) is 17.8 Å². The van der Waals surface area contributed by atoms with Crippen LogP contribution in [0.3, 0.4) is 0 Å². The summed E-state index contributed by atoms with van der Waals surface area (Å²) in [5, 5.41) is 3.01. The number of carbonyl (C=O) groups excluding carboxylic acids is 1. The molecule has 0 fully saturated rings. The standard InChI is InChI=1S/C10H9Cl2N3O2/c11-3-8(13)14-5-1-6(12)10-7(2-5)15-9(16)4-17-10/h1-2H,3-4H2,(H2,13,14)(H,15,16). The lowest BCUT2D eigenvalue weighted by Gasteiger charge is -2.19. The first-order chi connectivity index (χ1) is 8.10. The number of nitrogens with one attached hydrogen (secondary N) is 1. The van der Waals surface area contributed by atoms with Gasteiger partial charge < -0.3 is 15.8 Å². The van der Waals surface area contributed by atoms with Crippen LogP contribution in [-0.2, 0) is 4.79 Å². The van der Waals surface area contributed by atoms with Crippen LogP contribution < -0.4 is 15.8 Å². The second-order valence-corrected chi connectivity index (χ2v) is 4.05. The molecule has 0 saturated heterocycles. The number of alkyl halides is 1. The van der Waals surface area contributed by atoms with E-state index in [1.165, 1.54) is 0 Å². The van der Waals surface area contributed by atoms with E-state index in [2.05, 4.69) is 10.3 Å². The highest BCUT2D eigenvalue weighted by Gasteiger charge is 2.19. The summed E-state index contributed by atoms with van der Waals surface area (Å²) < 4.78 is 5.20. The number of nitrogens with two attached hydrogens (primary N) is 1. The number of fused-ring (bicyclic) bond motifs is 1. The highest BCUT2D eigenvalue weighted by atomic mass is 35.5. The number of anilines is 1. The molecule has 1 aromatic rings. The van der Waals surface area contributed by atoms with Crippen LogP contribution >= 0.6 is 23.2 Å². The average Bonchev–Trinajstić information content (AvgIpc) is 2.28. The topological polar surface area (TPSA) is 76.7 Å². The molecule has 0 saturated carbocycles. The third-order valence-corrected chi connectivity index (χ3v) is 2.61. The molecule has 1 aromatic carbocycles. The van der Waals surface area contributed by atoms with Gasteiger partial charge in [0.2, 0.25) is 0 Å². The van der Waals surface area contributed by atoms with Gasteiger partial charge in [-0.25, -0.2) is 4.99 Å². The Bertz CT molecular complexity index is 503. The maximum atomic E-state index is 11.2. The first kappa shape index (κ1) is 12.0. The largest absolute Gasteiger partial charge is 0.480 e. The van der Waals surface area contributed by atoms with E-state index in [-0.39, 0.29) is 24.2 Å². The summed E-state index contributed by atoms with van der Waals surface area (Å²) in [6.45, 7) is -0.0425. The molecule has 2 rings (SSSR count). The zero-order valence-electron chi connectivity index (χ0n) is 8.67. The van der Waals surface area contributed by atoms with Crippen LogP contribution in [0.15, 0.2) is 17.1 Å². The number of rotatable bonds is 2. The monoisotopic (exact) mass is 273 g/mol. The molecule has 0 unspecified atom stereocenters. The number of nitrogens with zero attached hydrogens (tertiary/aromatic N) is 1. The lowest BCUT2D eigenvalue weighted by atomic mass is 10.2. The van der Waals surface area contributed by atoms with Crippen molar-refractivity contribution in [3.63, 3.8) is 0 Å². The van der Waals surface area contributed by atoms with E-state index in [0.717, 1.165) is 0 Å². The highest BCUT2D eigenvalue weighted by molar-refractivity contribution is 6.33. The van der Waals surface area contributed by atoms with E-state index in [1.54, 1.807) is 12.1 Å². The SMILES string of the molecule is NC(CCl)=Nc1cc(Cl)c2c(c1)NC(=O)CO2. The summed E-state index contributed by atoms with van der Waals surface area (Å²) in [7, 11) is 0. The number of hydrogen-bond donors (Lipinski definition) is 2. The summed E-state index contributed by atoms with van der Waals surface area (Å²) in [5.74, 6) is 0.595. The fourth-order valence-electron chi connectivity index (χ4n) is 1.40. The molecule has 90 valence electrons. The Morgan fingerprint density at radius 1 is 1.59 bits per heavy atom. The quantitative estimate of drug-likeness (QED) is 0.491. The number of amidine groups is 1. The Labute approximate surface area is 108 Å². The van der Waals surface area contributed by atoms with Crippen LogP contribution in [0.2, 0.25) is 5.02 Å². The molecule has 17 heavy (non-hydrogen) atoms. The molecule has 0 bridgehead atoms. The van der Waals surface area contributed by atoms with Gasteiger partial charge in [-0.3, -0.25) is 4.79 Å². The molecular formula is C10H9Cl2N3O2. The lowest BCUT2D eigenvalue weighted by Crippen LogP contribution is -2.25. The fourth-order valence-corrected chi connectivity index (χ4v) is 1.73. The van der Waals surface area contributed by atoms with Gasteiger partial charge in [0.15, 0.2) is 12.4 Å². The first-order valence-electron chi connectivity index (χ1n) is 4.75. The Balaban J connectivity index is 2.42. The molecule has 0 aromatic heterocycles. The summed E-state index contributed by atoms with van der Waals surface area (Å²) in [4.78, 5) is 15.2. The molecule has 1 aliphatic heterocycles. The molecule has 1 heterocycles. The highest BCUT2D eigenvalue weighted by Crippen LogP contribution is 2.39. The predicted octanol–water partition coefficient (Wildman–Crippen LogP) is 1.90. The van der Waals surface area contributed by atoms with Crippen LogP contribution in [-0.4, -0.2) is 24.2 Å². The summed E-state index contributed by atoms with van der Waals surface area (Å²) >= 11 is 11.5. The fraction of sp³-hybridized carbons (Fsp3) is 0.200. The molecule has 5 nitrogen and oxygen atoms in total. The van der Waals surface area contributed by atoms with Gasteiger partial charge in [-0.05, 0) is 12.1 Å². The summed E-state index contributed by atoms with van der Waals surface area (Å²) in [6.07, 6.45) is 0. The third-order valence-electron chi connectivity index (χ3n) is 2.06. The van der Waals surface area contributed by atoms with Crippen molar-refractivity contribution in [3.8, 4) is 5.75 Å². The Kier molecular flexibility index (Phi) is 3.40. The van der Waals surface area contributed by atoms with Gasteiger partial charge in [-0.2, -0.15) is 0 Å². The van der Waals surface area contributed by atoms with Gasteiger partial charge in [0.1, 0.15) is 5.84 Å². The number of carbonyl (C=O) groups is 1. The van der Waals surface area contributed by atoms with Crippen molar-refractivity contribution >= 4 is 46.3 Å². The molecule has 0 aliphatic carbocycles. The van der Waals surface area contributed by atoms with Crippen LogP contribution in [0.5, 0.6) is 5.75 Å². The minimum Gasteiger partial charge on any atom is -0.480 e. The summed E-state index contributed by atoms with van der Waals surface area (Å²) in [5.41, 5.74) is 6.51. The van der Waals surface area contributed by atoms with Crippen molar-refractivity contribution in [2.24, 2.45) is 10.7 Å². The van der Waals surface area contributed by atoms with E-state index in [1.807, 2.05) is 0 Å². The van der Waals surface area contributed by atoms with Gasteiger partial charge >= 0.3 is 0 Å². The number of hydrogen-bond acceptors (Lipinski definition) is 3. The van der Waals surface area contributed by atoms with Crippen LogP contribution in [0, 0.1) is 0 Å². The average molecular weight is 274 g/mol. The van der Waals surface area contributed by atoms with Gasteiger partial charge in [0, 0.05) is 0 Å². The maximum Gasteiger partial charge on any atom is 0.262 e. The molecule has 0 atom stereocenters. The second-order valence-electron chi connectivity index (χ2n) is 3.38. The van der Waals surface area contributed by atoms with Crippen LogP contribution in [0.25, 0.3) is 0 Å². The first-order valence-corrected chi connectivity index (χ1v) is 5.66. The predicted molar refractivity (Wildman–Crippen MR) is 67.6 cm³/mol. The lowest BCUT2D eigenvalue weighted by molar-refractivity contribution is -0.118. The molecule has 1 aliphatic rings. The minimum atomic E-state index is -0.236. The molecule has 1 amide bonds. The Morgan fingerprint density at radius 3 is 3.06 bits per heavy atom. The third kappa shape index (κ3) is 2.62.